The van der Waals surface area contributed by atoms with Crippen molar-refractivity contribution in [3.05, 3.63) is 11.1 Å². The Labute approximate surface area is 109 Å². The molecule has 0 heterocycles. The van der Waals surface area contributed by atoms with Gasteiger partial charge >= 0.3 is 0 Å². The second kappa shape index (κ2) is 7.95. The van der Waals surface area contributed by atoms with E-state index in [2.05, 4.69) is 27.7 Å². The lowest BCUT2D eigenvalue weighted by Gasteiger charge is -2.22. The Morgan fingerprint density at radius 2 is 1.65 bits per heavy atom. The number of unbranched alkanes of at least 4 members (excludes halogenated alkanes) is 1. The van der Waals surface area contributed by atoms with Gasteiger partial charge in [0.2, 0.25) is 0 Å². The van der Waals surface area contributed by atoms with E-state index in [4.69, 9.17) is 0 Å². The minimum atomic E-state index is 0.917. The number of hydrogen-bond acceptors (Lipinski definition) is 0. The average molecular weight is 236 g/mol. The highest BCUT2D eigenvalue weighted by atomic mass is 14.2. The second-order valence-electron chi connectivity index (χ2n) is 6.23. The number of rotatable bonds is 8. The molecule has 1 aliphatic carbocycles. The topological polar surface area (TPSA) is 0 Å². The van der Waals surface area contributed by atoms with Crippen LogP contribution in [-0.4, -0.2) is 0 Å². The van der Waals surface area contributed by atoms with E-state index in [1.165, 1.54) is 57.8 Å². The molecule has 1 rings (SSSR count). The van der Waals surface area contributed by atoms with Gasteiger partial charge < -0.3 is 0 Å². The largest absolute Gasteiger partial charge is 0.0741 e. The molecule has 0 aromatic rings. The summed E-state index contributed by atoms with van der Waals surface area (Å²) in [6.07, 6.45) is 12.6. The number of hydrogen-bond donors (Lipinski definition) is 0. The van der Waals surface area contributed by atoms with E-state index in [9.17, 15) is 0 Å². The van der Waals surface area contributed by atoms with Crippen LogP contribution in [0.4, 0.5) is 0 Å². The summed E-state index contributed by atoms with van der Waals surface area (Å²) in [6, 6.07) is 0. The Kier molecular flexibility index (Phi) is 6.92. The zero-order chi connectivity index (χ0) is 12.7. The molecule has 0 aromatic heterocycles. The van der Waals surface area contributed by atoms with Crippen molar-refractivity contribution in [1.82, 2.24) is 0 Å². The average Bonchev–Trinajstić information content (AvgIpc) is 2.23. The van der Waals surface area contributed by atoms with Gasteiger partial charge in [0.1, 0.15) is 0 Å². The third-order valence-electron chi connectivity index (χ3n) is 4.76. The van der Waals surface area contributed by atoms with Crippen molar-refractivity contribution in [3.8, 4) is 0 Å². The molecule has 0 nitrogen and oxygen atoms in total. The third kappa shape index (κ3) is 5.27. The van der Waals surface area contributed by atoms with Gasteiger partial charge in [0, 0.05) is 0 Å². The van der Waals surface area contributed by atoms with E-state index in [0.29, 0.717) is 0 Å². The van der Waals surface area contributed by atoms with Crippen LogP contribution in [0.25, 0.3) is 0 Å². The molecule has 0 N–H and O–H groups in total. The van der Waals surface area contributed by atoms with Gasteiger partial charge in [-0.3, -0.25) is 0 Å². The quantitative estimate of drug-likeness (QED) is 0.445. The first-order chi connectivity index (χ1) is 8.15. The molecular formula is C17H32. The molecule has 1 fully saturated rings. The summed E-state index contributed by atoms with van der Waals surface area (Å²) >= 11 is 0. The maximum Gasteiger partial charge on any atom is -0.0315 e. The first kappa shape index (κ1) is 14.8. The molecule has 0 heteroatoms. The molecule has 1 aliphatic rings. The minimum absolute atomic E-state index is 0.917. The smallest absolute Gasteiger partial charge is 0.0315 e. The van der Waals surface area contributed by atoms with Crippen molar-refractivity contribution in [3.63, 3.8) is 0 Å². The Balaban J connectivity index is 2.12. The van der Waals surface area contributed by atoms with Crippen molar-refractivity contribution >= 4 is 0 Å². The van der Waals surface area contributed by atoms with Gasteiger partial charge in [-0.05, 0) is 50.9 Å². The van der Waals surface area contributed by atoms with Crippen LogP contribution >= 0.6 is 0 Å². The van der Waals surface area contributed by atoms with Gasteiger partial charge in [0.15, 0.2) is 0 Å². The van der Waals surface area contributed by atoms with Crippen LogP contribution in [0.15, 0.2) is 11.1 Å². The highest BCUT2D eigenvalue weighted by Crippen LogP contribution is 2.31. The summed E-state index contributed by atoms with van der Waals surface area (Å²) in [4.78, 5) is 0. The first-order valence-electron chi connectivity index (χ1n) is 7.82. The van der Waals surface area contributed by atoms with Gasteiger partial charge in [-0.25, -0.2) is 0 Å². The minimum Gasteiger partial charge on any atom is -0.0741 e. The SMILES string of the molecule is CCCCC(C)C(C)CCCC(C)=C1CCC1. The summed E-state index contributed by atoms with van der Waals surface area (Å²) in [5.74, 6) is 1.84. The van der Waals surface area contributed by atoms with Gasteiger partial charge in [-0.2, -0.15) is 0 Å². The summed E-state index contributed by atoms with van der Waals surface area (Å²) < 4.78 is 0. The molecule has 1 saturated carbocycles. The lowest BCUT2D eigenvalue weighted by atomic mass is 9.84. The summed E-state index contributed by atoms with van der Waals surface area (Å²) in [5.41, 5.74) is 3.49. The van der Waals surface area contributed by atoms with Crippen LogP contribution in [0.3, 0.4) is 0 Å². The Morgan fingerprint density at radius 3 is 2.12 bits per heavy atom. The monoisotopic (exact) mass is 236 g/mol. The maximum absolute atomic E-state index is 2.45. The molecule has 0 aromatic carbocycles. The Morgan fingerprint density at radius 1 is 1.06 bits per heavy atom. The van der Waals surface area contributed by atoms with Gasteiger partial charge in [0.25, 0.3) is 0 Å². The van der Waals surface area contributed by atoms with Gasteiger partial charge in [0.05, 0.1) is 0 Å². The van der Waals surface area contributed by atoms with E-state index < -0.39 is 0 Å². The molecule has 0 radical (unpaired) electrons. The maximum atomic E-state index is 2.45. The fraction of sp³-hybridized carbons (Fsp3) is 0.882. The van der Waals surface area contributed by atoms with E-state index >= 15 is 0 Å². The van der Waals surface area contributed by atoms with E-state index in [-0.39, 0.29) is 0 Å². The molecule has 0 aliphatic heterocycles. The standard InChI is InChI=1S/C17H32/c1-5-6-9-14(2)15(3)10-7-11-16(4)17-12-8-13-17/h14-15H,5-13H2,1-4H3. The van der Waals surface area contributed by atoms with Crippen LogP contribution in [0.5, 0.6) is 0 Å². The zero-order valence-electron chi connectivity index (χ0n) is 12.5. The fourth-order valence-electron chi connectivity index (χ4n) is 2.74. The van der Waals surface area contributed by atoms with E-state index in [1.54, 1.807) is 11.1 Å². The number of allylic oxidation sites excluding steroid dienone is 2. The molecule has 17 heavy (non-hydrogen) atoms. The van der Waals surface area contributed by atoms with Crippen molar-refractivity contribution in [2.24, 2.45) is 11.8 Å². The van der Waals surface area contributed by atoms with Gasteiger partial charge in [-0.15, -0.1) is 0 Å². The van der Waals surface area contributed by atoms with Crippen molar-refractivity contribution in [1.29, 1.82) is 0 Å². The highest BCUT2D eigenvalue weighted by Gasteiger charge is 2.13. The first-order valence-corrected chi connectivity index (χ1v) is 7.82. The molecular weight excluding hydrogens is 204 g/mol. The van der Waals surface area contributed by atoms with Crippen molar-refractivity contribution in [2.45, 2.75) is 85.5 Å². The Hall–Kier alpha value is -0.260. The van der Waals surface area contributed by atoms with Crippen LogP contribution in [0.2, 0.25) is 0 Å². The van der Waals surface area contributed by atoms with Crippen LogP contribution in [-0.2, 0) is 0 Å². The summed E-state index contributed by atoms with van der Waals surface area (Å²) in [7, 11) is 0. The molecule has 100 valence electrons. The predicted octanol–water partition coefficient (Wildman–Crippen LogP) is 6.12. The summed E-state index contributed by atoms with van der Waals surface area (Å²) in [5, 5.41) is 0. The van der Waals surface area contributed by atoms with E-state index in [1.807, 2.05) is 0 Å². The molecule has 2 atom stereocenters. The van der Waals surface area contributed by atoms with E-state index in [0.717, 1.165) is 11.8 Å². The third-order valence-corrected chi connectivity index (χ3v) is 4.76. The predicted molar refractivity (Wildman–Crippen MR) is 78.3 cm³/mol. The fourth-order valence-corrected chi connectivity index (χ4v) is 2.74. The van der Waals surface area contributed by atoms with Crippen LogP contribution < -0.4 is 0 Å². The molecule has 0 amide bonds. The van der Waals surface area contributed by atoms with Gasteiger partial charge in [-0.1, -0.05) is 57.6 Å². The molecule has 2 unspecified atom stereocenters. The molecule has 0 spiro atoms. The Bertz CT molecular complexity index is 230. The normalized spacial score (nSPS) is 18.7. The summed E-state index contributed by atoms with van der Waals surface area (Å²) in [6.45, 7) is 9.55. The highest BCUT2D eigenvalue weighted by molar-refractivity contribution is 5.17. The van der Waals surface area contributed by atoms with Crippen LogP contribution in [0.1, 0.15) is 85.5 Å². The zero-order valence-corrected chi connectivity index (χ0v) is 12.5. The molecule has 0 bridgehead atoms. The second-order valence-corrected chi connectivity index (χ2v) is 6.23. The van der Waals surface area contributed by atoms with Crippen LogP contribution in [0, 0.1) is 11.8 Å². The van der Waals surface area contributed by atoms with Crippen molar-refractivity contribution in [2.75, 3.05) is 0 Å². The molecule has 0 saturated heterocycles. The lowest BCUT2D eigenvalue weighted by molar-refractivity contribution is 0.329. The van der Waals surface area contributed by atoms with Crippen molar-refractivity contribution < 1.29 is 0 Å². The lowest BCUT2D eigenvalue weighted by Crippen LogP contribution is -2.08.